The Morgan fingerprint density at radius 1 is 1.21 bits per heavy atom. The summed E-state index contributed by atoms with van der Waals surface area (Å²) in [4.78, 5) is 0. The zero-order valence-electron chi connectivity index (χ0n) is 9.25. The highest BCUT2D eigenvalue weighted by Crippen LogP contribution is 2.18. The van der Waals surface area contributed by atoms with Gasteiger partial charge in [-0.3, -0.25) is 0 Å². The van der Waals surface area contributed by atoms with E-state index in [9.17, 15) is 0 Å². The van der Waals surface area contributed by atoms with E-state index in [0.29, 0.717) is 0 Å². The molecule has 0 spiro atoms. The molecular formula is C12H21NO. The van der Waals surface area contributed by atoms with Gasteiger partial charge in [0, 0.05) is 13.1 Å². The Balaban J connectivity index is 2.66. The summed E-state index contributed by atoms with van der Waals surface area (Å²) in [7, 11) is 0. The van der Waals surface area contributed by atoms with Crippen LogP contribution in [0.25, 0.3) is 0 Å². The Morgan fingerprint density at radius 3 is 2.29 bits per heavy atom. The zero-order valence-corrected chi connectivity index (χ0v) is 9.25. The number of allylic oxidation sites excluding steroid dienone is 2. The van der Waals surface area contributed by atoms with Crippen molar-refractivity contribution in [2.75, 3.05) is 19.7 Å². The van der Waals surface area contributed by atoms with Gasteiger partial charge >= 0.3 is 0 Å². The van der Waals surface area contributed by atoms with E-state index >= 15 is 0 Å². The van der Waals surface area contributed by atoms with Crippen molar-refractivity contribution in [1.29, 1.82) is 0 Å². The number of rotatable bonds is 4. The summed E-state index contributed by atoms with van der Waals surface area (Å²) in [6.45, 7) is 6.93. The number of nitrogens with one attached hydrogen (secondary N) is 1. The summed E-state index contributed by atoms with van der Waals surface area (Å²) in [5.41, 5.74) is -0.190. The average molecular weight is 195 g/mol. The maximum atomic E-state index is 5.83. The molecule has 1 fully saturated rings. The van der Waals surface area contributed by atoms with Gasteiger partial charge in [-0.2, -0.15) is 0 Å². The summed E-state index contributed by atoms with van der Waals surface area (Å²) in [6, 6.07) is 0. The van der Waals surface area contributed by atoms with Crippen molar-refractivity contribution < 1.29 is 4.74 Å². The standard InChI is InChI=1S/C12H21NO/c1-3-5-7-12(8-6-4-2)11-13-9-10-14-12/h5-8,13H,3-4,9-11H2,1-2H3/b7-5+,8-6+. The highest BCUT2D eigenvalue weighted by molar-refractivity contribution is 5.17. The normalized spacial score (nSPS) is 22.1. The summed E-state index contributed by atoms with van der Waals surface area (Å²) in [5.74, 6) is 0. The lowest BCUT2D eigenvalue weighted by Gasteiger charge is -2.32. The van der Waals surface area contributed by atoms with Gasteiger partial charge in [0.15, 0.2) is 0 Å². The molecule has 0 amide bonds. The molecule has 1 heterocycles. The number of hydrogen-bond acceptors (Lipinski definition) is 2. The van der Waals surface area contributed by atoms with Gasteiger partial charge in [-0.1, -0.05) is 38.2 Å². The highest BCUT2D eigenvalue weighted by Gasteiger charge is 2.26. The second kappa shape index (κ2) is 5.99. The van der Waals surface area contributed by atoms with Crippen LogP contribution < -0.4 is 5.32 Å². The zero-order chi connectivity index (χ0) is 10.3. The monoisotopic (exact) mass is 195 g/mol. The molecule has 0 saturated carbocycles. The first-order valence-corrected chi connectivity index (χ1v) is 5.53. The molecule has 1 aliphatic rings. The second-order valence-corrected chi connectivity index (χ2v) is 3.60. The Hall–Kier alpha value is -0.600. The van der Waals surface area contributed by atoms with Crippen LogP contribution in [0.1, 0.15) is 26.7 Å². The van der Waals surface area contributed by atoms with E-state index in [1.807, 2.05) is 0 Å². The molecule has 0 radical (unpaired) electrons. The van der Waals surface area contributed by atoms with E-state index in [1.54, 1.807) is 0 Å². The van der Waals surface area contributed by atoms with Crippen molar-refractivity contribution >= 4 is 0 Å². The van der Waals surface area contributed by atoms with Crippen LogP contribution in [0.4, 0.5) is 0 Å². The maximum absolute atomic E-state index is 5.83. The van der Waals surface area contributed by atoms with E-state index in [0.717, 1.165) is 32.5 Å². The van der Waals surface area contributed by atoms with E-state index in [4.69, 9.17) is 4.74 Å². The predicted molar refractivity (Wildman–Crippen MR) is 60.4 cm³/mol. The molecule has 14 heavy (non-hydrogen) atoms. The minimum absolute atomic E-state index is 0.190. The minimum Gasteiger partial charge on any atom is -0.364 e. The second-order valence-electron chi connectivity index (χ2n) is 3.60. The van der Waals surface area contributed by atoms with Gasteiger partial charge in [0.2, 0.25) is 0 Å². The molecule has 0 unspecified atom stereocenters. The largest absolute Gasteiger partial charge is 0.364 e. The average Bonchev–Trinajstić information content (AvgIpc) is 2.25. The number of ether oxygens (including phenoxy) is 1. The van der Waals surface area contributed by atoms with Crippen LogP contribution in [0.15, 0.2) is 24.3 Å². The fourth-order valence-electron chi connectivity index (χ4n) is 1.55. The first-order chi connectivity index (χ1) is 6.83. The minimum atomic E-state index is -0.190. The van der Waals surface area contributed by atoms with Crippen molar-refractivity contribution in [3.05, 3.63) is 24.3 Å². The fraction of sp³-hybridized carbons (Fsp3) is 0.667. The van der Waals surface area contributed by atoms with Crippen LogP contribution >= 0.6 is 0 Å². The van der Waals surface area contributed by atoms with Gasteiger partial charge in [-0.15, -0.1) is 0 Å². The van der Waals surface area contributed by atoms with Crippen molar-refractivity contribution in [2.45, 2.75) is 32.3 Å². The molecule has 0 aliphatic carbocycles. The van der Waals surface area contributed by atoms with Crippen LogP contribution in [-0.4, -0.2) is 25.3 Å². The third-order valence-electron chi connectivity index (χ3n) is 2.32. The predicted octanol–water partition coefficient (Wildman–Crippen LogP) is 2.28. The van der Waals surface area contributed by atoms with E-state index in [2.05, 4.69) is 43.5 Å². The molecule has 0 aromatic heterocycles. The molecule has 0 bridgehead atoms. The third kappa shape index (κ3) is 3.28. The van der Waals surface area contributed by atoms with Crippen molar-refractivity contribution in [1.82, 2.24) is 5.32 Å². The van der Waals surface area contributed by atoms with Crippen LogP contribution in [0, 0.1) is 0 Å². The molecule has 80 valence electrons. The lowest BCUT2D eigenvalue weighted by Crippen LogP contribution is -2.47. The fourth-order valence-corrected chi connectivity index (χ4v) is 1.55. The van der Waals surface area contributed by atoms with Crippen LogP contribution in [0.5, 0.6) is 0 Å². The van der Waals surface area contributed by atoms with Gasteiger partial charge in [0.1, 0.15) is 5.60 Å². The first-order valence-electron chi connectivity index (χ1n) is 5.53. The molecule has 0 atom stereocenters. The van der Waals surface area contributed by atoms with Crippen LogP contribution in [-0.2, 0) is 4.74 Å². The van der Waals surface area contributed by atoms with Crippen LogP contribution in [0.3, 0.4) is 0 Å². The summed E-state index contributed by atoms with van der Waals surface area (Å²) >= 11 is 0. The quantitative estimate of drug-likeness (QED) is 0.695. The Morgan fingerprint density at radius 2 is 1.86 bits per heavy atom. The molecule has 0 aromatic rings. The SMILES string of the molecule is CC/C=C/C1(/C=C/CC)CNCCO1. The Bertz CT molecular complexity index is 186. The summed E-state index contributed by atoms with van der Waals surface area (Å²) < 4.78 is 5.83. The molecule has 0 aromatic carbocycles. The smallest absolute Gasteiger partial charge is 0.117 e. The number of hydrogen-bond donors (Lipinski definition) is 1. The molecular weight excluding hydrogens is 174 g/mol. The molecule has 1 N–H and O–H groups in total. The van der Waals surface area contributed by atoms with Crippen molar-refractivity contribution in [3.8, 4) is 0 Å². The molecule has 1 aliphatic heterocycles. The number of morpholine rings is 1. The van der Waals surface area contributed by atoms with Crippen LogP contribution in [0.2, 0.25) is 0 Å². The van der Waals surface area contributed by atoms with E-state index in [-0.39, 0.29) is 5.60 Å². The third-order valence-corrected chi connectivity index (χ3v) is 2.32. The molecule has 1 rings (SSSR count). The van der Waals surface area contributed by atoms with Gasteiger partial charge < -0.3 is 10.1 Å². The van der Waals surface area contributed by atoms with E-state index < -0.39 is 0 Å². The highest BCUT2D eigenvalue weighted by atomic mass is 16.5. The molecule has 1 saturated heterocycles. The maximum Gasteiger partial charge on any atom is 0.117 e. The first kappa shape index (κ1) is 11.5. The Labute approximate surface area is 87.0 Å². The van der Waals surface area contributed by atoms with Gasteiger partial charge in [0.05, 0.1) is 6.61 Å². The Kier molecular flexibility index (Phi) is 4.91. The van der Waals surface area contributed by atoms with Crippen molar-refractivity contribution in [3.63, 3.8) is 0 Å². The topological polar surface area (TPSA) is 21.3 Å². The lowest BCUT2D eigenvalue weighted by molar-refractivity contribution is 0.00357. The van der Waals surface area contributed by atoms with E-state index in [1.165, 1.54) is 0 Å². The summed E-state index contributed by atoms with van der Waals surface area (Å²) in [6.07, 6.45) is 10.8. The van der Waals surface area contributed by atoms with Gasteiger partial charge in [-0.05, 0) is 12.8 Å². The van der Waals surface area contributed by atoms with Gasteiger partial charge in [-0.25, -0.2) is 0 Å². The molecule has 2 nitrogen and oxygen atoms in total. The van der Waals surface area contributed by atoms with Crippen molar-refractivity contribution in [2.24, 2.45) is 0 Å². The van der Waals surface area contributed by atoms with Gasteiger partial charge in [0.25, 0.3) is 0 Å². The lowest BCUT2D eigenvalue weighted by atomic mass is 10.0. The molecule has 2 heteroatoms. The summed E-state index contributed by atoms with van der Waals surface area (Å²) in [5, 5.41) is 3.37.